The smallest absolute Gasteiger partial charge is 0.119 e. The highest BCUT2D eigenvalue weighted by Crippen LogP contribution is 2.23. The molecular weight excluding hydrogens is 198 g/mol. The third-order valence-corrected chi connectivity index (χ3v) is 2.71. The van der Waals surface area contributed by atoms with Gasteiger partial charge in [-0.2, -0.15) is 0 Å². The first-order valence-electron chi connectivity index (χ1n) is 5.20. The van der Waals surface area contributed by atoms with E-state index in [1.807, 2.05) is 24.3 Å². The van der Waals surface area contributed by atoms with Gasteiger partial charge in [-0.05, 0) is 34.5 Å². The summed E-state index contributed by atoms with van der Waals surface area (Å²) in [5, 5.41) is 2.31. The van der Waals surface area contributed by atoms with Crippen molar-refractivity contribution in [3.05, 3.63) is 54.6 Å². The van der Waals surface area contributed by atoms with E-state index in [1.54, 1.807) is 13.2 Å². The molecule has 0 aromatic heterocycles. The largest absolute Gasteiger partial charge is 0.497 e. The molecule has 16 heavy (non-hydrogen) atoms. The van der Waals surface area contributed by atoms with E-state index in [0.717, 1.165) is 22.1 Å². The van der Waals surface area contributed by atoms with Crippen molar-refractivity contribution in [2.75, 3.05) is 7.11 Å². The van der Waals surface area contributed by atoms with Gasteiger partial charge in [-0.25, -0.2) is 0 Å². The molecule has 0 saturated carbocycles. The molecule has 0 aliphatic heterocycles. The van der Waals surface area contributed by atoms with E-state index in [-0.39, 0.29) is 6.04 Å². The summed E-state index contributed by atoms with van der Waals surface area (Å²) in [4.78, 5) is 0. The van der Waals surface area contributed by atoms with Crippen LogP contribution in [0.15, 0.2) is 49.1 Å². The Bertz CT molecular complexity index is 519. The maximum absolute atomic E-state index is 5.90. The first kappa shape index (κ1) is 10.7. The minimum atomic E-state index is -0.105. The van der Waals surface area contributed by atoms with Crippen molar-refractivity contribution in [1.82, 2.24) is 0 Å². The van der Waals surface area contributed by atoms with Gasteiger partial charge in [0.15, 0.2) is 0 Å². The first-order chi connectivity index (χ1) is 7.74. The predicted molar refractivity (Wildman–Crippen MR) is 67.6 cm³/mol. The van der Waals surface area contributed by atoms with Gasteiger partial charge in [0.05, 0.1) is 7.11 Å². The average molecular weight is 213 g/mol. The number of fused-ring (bicyclic) bond motifs is 1. The number of hydrogen-bond acceptors (Lipinski definition) is 2. The molecule has 2 nitrogen and oxygen atoms in total. The van der Waals surface area contributed by atoms with E-state index in [2.05, 4.69) is 18.7 Å². The van der Waals surface area contributed by atoms with E-state index in [4.69, 9.17) is 10.5 Å². The monoisotopic (exact) mass is 213 g/mol. The molecule has 2 aromatic rings. The number of hydrogen-bond donors (Lipinski definition) is 1. The van der Waals surface area contributed by atoms with Crippen LogP contribution in [0.25, 0.3) is 10.8 Å². The van der Waals surface area contributed by atoms with Crippen LogP contribution in [-0.2, 0) is 0 Å². The van der Waals surface area contributed by atoms with Gasteiger partial charge in [0.2, 0.25) is 0 Å². The van der Waals surface area contributed by atoms with E-state index >= 15 is 0 Å². The van der Waals surface area contributed by atoms with Gasteiger partial charge in [-0.1, -0.05) is 24.3 Å². The second-order valence-electron chi connectivity index (χ2n) is 3.73. The number of ether oxygens (including phenoxy) is 1. The fraction of sp³-hybridized carbons (Fsp3) is 0.143. The van der Waals surface area contributed by atoms with Crippen molar-refractivity contribution in [3.8, 4) is 5.75 Å². The Morgan fingerprint density at radius 1 is 1.19 bits per heavy atom. The van der Waals surface area contributed by atoms with Crippen molar-refractivity contribution in [3.63, 3.8) is 0 Å². The van der Waals surface area contributed by atoms with Crippen LogP contribution in [0.3, 0.4) is 0 Å². The Labute approximate surface area is 95.3 Å². The highest BCUT2D eigenvalue weighted by atomic mass is 16.5. The van der Waals surface area contributed by atoms with Crippen molar-refractivity contribution in [2.45, 2.75) is 6.04 Å². The van der Waals surface area contributed by atoms with Gasteiger partial charge in [0.25, 0.3) is 0 Å². The lowest BCUT2D eigenvalue weighted by atomic mass is 10.0. The molecule has 0 spiro atoms. The van der Waals surface area contributed by atoms with Crippen molar-refractivity contribution in [1.29, 1.82) is 0 Å². The fourth-order valence-corrected chi connectivity index (χ4v) is 1.71. The van der Waals surface area contributed by atoms with Crippen molar-refractivity contribution >= 4 is 10.8 Å². The average Bonchev–Trinajstić information content (AvgIpc) is 2.36. The molecule has 1 atom stereocenters. The van der Waals surface area contributed by atoms with Gasteiger partial charge < -0.3 is 10.5 Å². The van der Waals surface area contributed by atoms with Crippen molar-refractivity contribution in [2.24, 2.45) is 5.73 Å². The third kappa shape index (κ3) is 1.92. The molecule has 0 amide bonds. The van der Waals surface area contributed by atoms with Crippen LogP contribution in [0.2, 0.25) is 0 Å². The zero-order valence-electron chi connectivity index (χ0n) is 9.31. The van der Waals surface area contributed by atoms with Gasteiger partial charge in [0.1, 0.15) is 5.75 Å². The minimum absolute atomic E-state index is 0.105. The van der Waals surface area contributed by atoms with Crippen LogP contribution in [0.5, 0.6) is 5.75 Å². The number of nitrogens with two attached hydrogens (primary N) is 1. The Hall–Kier alpha value is -1.80. The van der Waals surface area contributed by atoms with Crippen LogP contribution < -0.4 is 10.5 Å². The molecule has 0 heterocycles. The fourth-order valence-electron chi connectivity index (χ4n) is 1.71. The van der Waals surface area contributed by atoms with Gasteiger partial charge in [0, 0.05) is 6.04 Å². The maximum atomic E-state index is 5.90. The molecular formula is C14H15NO. The molecule has 0 fully saturated rings. The van der Waals surface area contributed by atoms with E-state index in [1.165, 1.54) is 0 Å². The number of benzene rings is 2. The molecule has 0 unspecified atom stereocenters. The Morgan fingerprint density at radius 3 is 2.56 bits per heavy atom. The van der Waals surface area contributed by atoms with Crippen LogP contribution in [-0.4, -0.2) is 7.11 Å². The van der Waals surface area contributed by atoms with E-state index in [9.17, 15) is 0 Å². The molecule has 2 rings (SSSR count). The molecule has 0 aliphatic rings. The Kier molecular flexibility index (Phi) is 2.93. The second-order valence-corrected chi connectivity index (χ2v) is 3.73. The Balaban J connectivity index is 2.51. The van der Waals surface area contributed by atoms with Crippen molar-refractivity contribution < 1.29 is 4.74 Å². The van der Waals surface area contributed by atoms with Gasteiger partial charge in [-0.3, -0.25) is 0 Å². The maximum Gasteiger partial charge on any atom is 0.119 e. The summed E-state index contributed by atoms with van der Waals surface area (Å²) in [6.45, 7) is 3.70. The predicted octanol–water partition coefficient (Wildman–Crippen LogP) is 3.03. The van der Waals surface area contributed by atoms with Gasteiger partial charge in [-0.15, -0.1) is 6.58 Å². The summed E-state index contributed by atoms with van der Waals surface area (Å²) in [6.07, 6.45) is 1.74. The molecule has 2 heteroatoms. The zero-order chi connectivity index (χ0) is 11.5. The van der Waals surface area contributed by atoms with Crippen LogP contribution in [0, 0.1) is 0 Å². The van der Waals surface area contributed by atoms with E-state index < -0.39 is 0 Å². The summed E-state index contributed by atoms with van der Waals surface area (Å²) < 4.78 is 5.18. The molecule has 0 bridgehead atoms. The van der Waals surface area contributed by atoms with Crippen LogP contribution in [0.1, 0.15) is 11.6 Å². The molecule has 0 aliphatic carbocycles. The quantitative estimate of drug-likeness (QED) is 0.795. The number of rotatable bonds is 3. The lowest BCUT2D eigenvalue weighted by molar-refractivity contribution is 0.415. The van der Waals surface area contributed by atoms with Crippen LogP contribution in [0.4, 0.5) is 0 Å². The summed E-state index contributed by atoms with van der Waals surface area (Å²) in [6, 6.07) is 12.1. The summed E-state index contributed by atoms with van der Waals surface area (Å²) in [5.74, 6) is 0.869. The lowest BCUT2D eigenvalue weighted by Gasteiger charge is -2.08. The van der Waals surface area contributed by atoms with Crippen LogP contribution >= 0.6 is 0 Å². The third-order valence-electron chi connectivity index (χ3n) is 2.71. The summed E-state index contributed by atoms with van der Waals surface area (Å²) in [7, 11) is 1.67. The Morgan fingerprint density at radius 2 is 1.88 bits per heavy atom. The molecule has 2 N–H and O–H groups in total. The molecule has 2 aromatic carbocycles. The topological polar surface area (TPSA) is 35.2 Å². The highest BCUT2D eigenvalue weighted by molar-refractivity contribution is 5.84. The molecule has 0 radical (unpaired) electrons. The first-order valence-corrected chi connectivity index (χ1v) is 5.20. The second kappa shape index (κ2) is 4.37. The zero-order valence-corrected chi connectivity index (χ0v) is 9.31. The summed E-state index contributed by atoms with van der Waals surface area (Å²) in [5.41, 5.74) is 6.98. The SMILES string of the molecule is C=C[C@@H](N)c1ccc2cc(OC)ccc2c1. The minimum Gasteiger partial charge on any atom is -0.497 e. The summed E-state index contributed by atoms with van der Waals surface area (Å²) >= 11 is 0. The number of methoxy groups -OCH3 is 1. The van der Waals surface area contributed by atoms with Gasteiger partial charge >= 0.3 is 0 Å². The standard InChI is InChI=1S/C14H15NO/c1-3-14(15)12-5-4-11-9-13(16-2)7-6-10(11)8-12/h3-9,14H,1,15H2,2H3/t14-/m1/s1. The highest BCUT2D eigenvalue weighted by Gasteiger charge is 2.03. The lowest BCUT2D eigenvalue weighted by Crippen LogP contribution is -2.05. The van der Waals surface area contributed by atoms with E-state index in [0.29, 0.717) is 0 Å². The molecule has 0 saturated heterocycles. The molecule has 82 valence electrons. The normalized spacial score (nSPS) is 12.4.